The normalized spacial score (nSPS) is 28.4. The van der Waals surface area contributed by atoms with Crippen molar-refractivity contribution in [3.05, 3.63) is 134 Å². The molecule has 0 bridgehead atoms. The smallest absolute Gasteiger partial charge is 0.220 e. The Kier molecular flexibility index (Phi) is 48.3. The van der Waals surface area contributed by atoms with Gasteiger partial charge in [0.05, 0.1) is 38.6 Å². The number of aliphatic hydroxyl groups excluding tert-OH is 11. The first-order valence-corrected chi connectivity index (χ1v) is 34.9. The first kappa shape index (κ1) is 83.2. The van der Waals surface area contributed by atoms with Crippen LogP contribution in [-0.4, -0.2) is 193 Å². The third-order valence-electron chi connectivity index (χ3n) is 16.5. The fraction of sp³-hybridized carbons (Fsp3) is 0.689. The van der Waals surface area contributed by atoms with Gasteiger partial charge in [0, 0.05) is 6.42 Å². The van der Waals surface area contributed by atoms with Crippen molar-refractivity contribution in [2.45, 2.75) is 298 Å². The van der Waals surface area contributed by atoms with Crippen molar-refractivity contribution in [1.29, 1.82) is 0 Å². The van der Waals surface area contributed by atoms with Gasteiger partial charge < -0.3 is 89.9 Å². The lowest BCUT2D eigenvalue weighted by Crippen LogP contribution is -2.66. The summed E-state index contributed by atoms with van der Waals surface area (Å²) in [6.45, 7) is 1.31. The van der Waals surface area contributed by atoms with E-state index < -0.39 is 124 Å². The molecule has 3 rings (SSSR count). The number of aliphatic hydroxyl groups is 11. The highest BCUT2D eigenvalue weighted by molar-refractivity contribution is 5.76. The minimum atomic E-state index is -1.99. The monoisotopic (exact) mass is 1310 g/mol. The van der Waals surface area contributed by atoms with Crippen molar-refractivity contribution in [2.75, 3.05) is 26.4 Å². The molecule has 17 unspecified atom stereocenters. The number of hydrogen-bond donors (Lipinski definition) is 12. The number of unbranched alkanes of at least 4 members (excludes halogenated alkanes) is 16. The molecule has 530 valence electrons. The van der Waals surface area contributed by atoms with Crippen LogP contribution in [0.3, 0.4) is 0 Å². The molecule has 17 atom stereocenters. The molecule has 19 heteroatoms. The van der Waals surface area contributed by atoms with Crippen LogP contribution < -0.4 is 5.32 Å². The van der Waals surface area contributed by atoms with E-state index in [1.807, 2.05) is 19.1 Å². The van der Waals surface area contributed by atoms with E-state index in [9.17, 15) is 61.0 Å². The zero-order valence-electron chi connectivity index (χ0n) is 55.9. The summed E-state index contributed by atoms with van der Waals surface area (Å²) < 4.78 is 34.2. The van der Waals surface area contributed by atoms with Crippen LogP contribution in [0.5, 0.6) is 0 Å². The van der Waals surface area contributed by atoms with E-state index in [-0.39, 0.29) is 18.9 Å². The molecule has 12 N–H and O–H groups in total. The molecule has 0 saturated carbocycles. The molecule has 0 aromatic carbocycles. The van der Waals surface area contributed by atoms with Crippen LogP contribution in [0.25, 0.3) is 0 Å². The maximum atomic E-state index is 13.3. The number of ether oxygens (including phenoxy) is 6. The molecule has 3 aliphatic rings. The van der Waals surface area contributed by atoms with Crippen molar-refractivity contribution in [3.63, 3.8) is 0 Å². The summed E-state index contributed by atoms with van der Waals surface area (Å²) in [6, 6.07) is -1.00. The molecule has 3 saturated heterocycles. The summed E-state index contributed by atoms with van der Waals surface area (Å²) >= 11 is 0. The van der Waals surface area contributed by atoms with E-state index in [1.165, 1.54) is 57.8 Å². The van der Waals surface area contributed by atoms with Crippen LogP contribution in [0.2, 0.25) is 0 Å². The highest BCUT2D eigenvalue weighted by atomic mass is 16.8. The highest BCUT2D eigenvalue weighted by Gasteiger charge is 2.53. The van der Waals surface area contributed by atoms with Gasteiger partial charge in [-0.05, 0) is 103 Å². The third-order valence-corrected chi connectivity index (χ3v) is 16.5. The van der Waals surface area contributed by atoms with E-state index in [2.05, 4.69) is 128 Å². The zero-order valence-corrected chi connectivity index (χ0v) is 55.9. The van der Waals surface area contributed by atoms with E-state index >= 15 is 0 Å². The Bertz CT molecular complexity index is 2210. The lowest BCUT2D eigenvalue weighted by molar-refractivity contribution is -0.379. The Morgan fingerprint density at radius 1 is 0.409 bits per heavy atom. The van der Waals surface area contributed by atoms with Crippen molar-refractivity contribution >= 4 is 5.91 Å². The molecule has 0 radical (unpaired) electrons. The van der Waals surface area contributed by atoms with Crippen LogP contribution in [0, 0.1) is 0 Å². The number of allylic oxidation sites excluding steroid dienone is 21. The second kappa shape index (κ2) is 54.0. The second-order valence-corrected chi connectivity index (χ2v) is 24.3. The molecule has 19 nitrogen and oxygen atoms in total. The van der Waals surface area contributed by atoms with Gasteiger partial charge in [-0.1, -0.05) is 218 Å². The lowest BCUT2D eigenvalue weighted by Gasteiger charge is -2.48. The van der Waals surface area contributed by atoms with Crippen LogP contribution in [0.4, 0.5) is 0 Å². The Morgan fingerprint density at radius 2 is 0.763 bits per heavy atom. The fourth-order valence-corrected chi connectivity index (χ4v) is 10.9. The zero-order chi connectivity index (χ0) is 67.5. The summed E-state index contributed by atoms with van der Waals surface area (Å²) in [6.07, 6.45) is 49.3. The predicted octanol–water partition coefficient (Wildman–Crippen LogP) is 9.38. The first-order valence-electron chi connectivity index (χ1n) is 34.9. The van der Waals surface area contributed by atoms with E-state index in [0.717, 1.165) is 103 Å². The number of amides is 1. The molecule has 93 heavy (non-hydrogen) atoms. The van der Waals surface area contributed by atoms with Crippen LogP contribution in [-0.2, 0) is 33.2 Å². The number of rotatable bonds is 51. The standard InChI is InChI=1S/C74H121NO18/c1-3-5-7-9-11-13-14-15-16-17-18-19-20-21-22-23-24-25-26-27-28-29-30-31-32-33-34-35-36-37-38-39-40-41-42-44-46-48-50-52-62(80)75-57(58(79)51-49-47-45-43-12-10-8-6-4-2)56-88-72-68(86)65(83)70(60(54-77)90-72)93-74-69(87)66(84)71(61(55-78)91-74)92-73-67(85)64(82)63(81)59(53-76)89-73/h4-7,11-13,15-16,18-19,21-22,24-25,27-28,30-31,43,49,51,57-61,63-74,76-79,81-87H,3,8-10,14,17,20,23,26,29,32-42,44-48,50,52-56H2,1-2H3,(H,75,80)/b6-4+,7-5-,13-11-,16-15-,19-18-,22-21-,25-24-,28-27-,31-30-,43-12+,51-49+. The van der Waals surface area contributed by atoms with Gasteiger partial charge in [0.1, 0.15) is 73.2 Å². The minimum absolute atomic E-state index is 0.223. The van der Waals surface area contributed by atoms with E-state index in [1.54, 1.807) is 6.08 Å². The highest BCUT2D eigenvalue weighted by Crippen LogP contribution is 2.33. The van der Waals surface area contributed by atoms with Gasteiger partial charge in [-0.2, -0.15) is 0 Å². The van der Waals surface area contributed by atoms with Crippen molar-refractivity contribution < 1.29 is 89.4 Å². The summed E-state index contributed by atoms with van der Waals surface area (Å²) in [7, 11) is 0. The summed E-state index contributed by atoms with van der Waals surface area (Å²) in [5.74, 6) is -0.300. The number of carbonyl (C=O) groups excluding carboxylic acids is 1. The van der Waals surface area contributed by atoms with Crippen LogP contribution in [0.15, 0.2) is 134 Å². The van der Waals surface area contributed by atoms with Gasteiger partial charge >= 0.3 is 0 Å². The number of hydrogen-bond acceptors (Lipinski definition) is 18. The van der Waals surface area contributed by atoms with Gasteiger partial charge in [-0.3, -0.25) is 4.79 Å². The maximum Gasteiger partial charge on any atom is 0.220 e. The molecule has 0 aromatic heterocycles. The Morgan fingerprint density at radius 3 is 1.20 bits per heavy atom. The summed E-state index contributed by atoms with van der Waals surface area (Å²) in [4.78, 5) is 13.3. The van der Waals surface area contributed by atoms with Crippen molar-refractivity contribution in [2.24, 2.45) is 0 Å². The predicted molar refractivity (Wildman–Crippen MR) is 364 cm³/mol. The van der Waals surface area contributed by atoms with E-state index in [4.69, 9.17) is 28.4 Å². The van der Waals surface area contributed by atoms with Crippen LogP contribution >= 0.6 is 0 Å². The Balaban J connectivity index is 1.30. The minimum Gasteiger partial charge on any atom is -0.394 e. The van der Waals surface area contributed by atoms with Gasteiger partial charge in [-0.25, -0.2) is 0 Å². The summed E-state index contributed by atoms with van der Waals surface area (Å²) in [5, 5.41) is 120. The van der Waals surface area contributed by atoms with Gasteiger partial charge in [-0.15, -0.1) is 0 Å². The third kappa shape index (κ3) is 35.7. The first-order chi connectivity index (χ1) is 45.3. The maximum absolute atomic E-state index is 13.3. The molecular weight excluding hydrogens is 1190 g/mol. The SMILES string of the molecule is C/C=C/CC/C=C/CC/C=C/C(O)C(COC1OC(CO)C(OC2OC(CO)C(OC3OC(CO)C(O)C(O)C3O)C(O)C2O)C(O)C1O)NC(=O)CCCCCCCCCCCCCCCC/C=C\C/C=C\C/C=C\C/C=C\C/C=C\C/C=C\C/C=C\C/C=C\CC. The van der Waals surface area contributed by atoms with Gasteiger partial charge in [0.25, 0.3) is 0 Å². The molecule has 3 heterocycles. The van der Waals surface area contributed by atoms with Crippen molar-refractivity contribution in [1.82, 2.24) is 5.32 Å². The quantitative estimate of drug-likeness (QED) is 0.0199. The molecule has 3 fully saturated rings. The molecule has 0 aromatic rings. The lowest BCUT2D eigenvalue weighted by atomic mass is 9.96. The topological polar surface area (TPSA) is 307 Å². The van der Waals surface area contributed by atoms with Crippen LogP contribution in [0.1, 0.15) is 194 Å². The fourth-order valence-electron chi connectivity index (χ4n) is 10.9. The average molecular weight is 1310 g/mol. The largest absolute Gasteiger partial charge is 0.394 e. The van der Waals surface area contributed by atoms with Gasteiger partial charge in [0.15, 0.2) is 18.9 Å². The van der Waals surface area contributed by atoms with Crippen molar-refractivity contribution in [3.8, 4) is 0 Å². The van der Waals surface area contributed by atoms with E-state index in [0.29, 0.717) is 12.8 Å². The Labute approximate surface area is 556 Å². The molecule has 3 aliphatic heterocycles. The molecule has 1 amide bonds. The molecule has 0 spiro atoms. The number of carbonyl (C=O) groups is 1. The number of nitrogens with one attached hydrogen (secondary N) is 1. The van der Waals surface area contributed by atoms with Gasteiger partial charge in [0.2, 0.25) is 5.91 Å². The molecule has 0 aliphatic carbocycles. The molecular formula is C74H121NO18. The second-order valence-electron chi connectivity index (χ2n) is 24.3. The summed E-state index contributed by atoms with van der Waals surface area (Å²) in [5.41, 5.74) is 0. The average Bonchev–Trinajstić information content (AvgIpc) is 0.900. The Hall–Kier alpha value is -4.07.